The minimum Gasteiger partial charge on any atom is -0.457 e. The molecule has 7 heteroatoms. The molecule has 2 aromatic carbocycles. The van der Waals surface area contributed by atoms with Crippen LogP contribution in [0.4, 0.5) is 4.39 Å². The van der Waals surface area contributed by atoms with Gasteiger partial charge in [-0.15, -0.1) is 0 Å². The maximum atomic E-state index is 12.9. The molecule has 1 N–H and O–H groups in total. The Balaban J connectivity index is 1.52. The van der Waals surface area contributed by atoms with Crippen LogP contribution < -0.4 is 10.3 Å². The van der Waals surface area contributed by atoms with Crippen molar-refractivity contribution < 1.29 is 13.7 Å². The van der Waals surface area contributed by atoms with Crippen LogP contribution >= 0.6 is 0 Å². The van der Waals surface area contributed by atoms with Gasteiger partial charge in [0.25, 0.3) is 5.89 Å². The molecule has 128 valence electrons. The van der Waals surface area contributed by atoms with Gasteiger partial charge in [-0.2, -0.15) is 4.98 Å². The van der Waals surface area contributed by atoms with Crippen molar-refractivity contribution in [3.63, 3.8) is 0 Å². The molecule has 0 atom stereocenters. The van der Waals surface area contributed by atoms with Gasteiger partial charge in [0.05, 0.1) is 5.56 Å². The fraction of sp³-hybridized carbons (Fsp3) is 0. The first-order valence-corrected chi connectivity index (χ1v) is 7.74. The number of aromatic nitrogens is 3. The van der Waals surface area contributed by atoms with Gasteiger partial charge in [-0.1, -0.05) is 5.16 Å². The average molecular weight is 349 g/mol. The fourth-order valence-electron chi connectivity index (χ4n) is 2.31. The van der Waals surface area contributed by atoms with E-state index < -0.39 is 0 Å². The summed E-state index contributed by atoms with van der Waals surface area (Å²) in [5.74, 6) is 1.55. The zero-order valence-corrected chi connectivity index (χ0v) is 13.3. The minimum atomic E-state index is -0.317. The average Bonchev–Trinajstić information content (AvgIpc) is 3.15. The molecular weight excluding hydrogens is 337 g/mol. The van der Waals surface area contributed by atoms with Crippen molar-refractivity contribution in [2.75, 3.05) is 0 Å². The monoisotopic (exact) mass is 349 g/mol. The van der Waals surface area contributed by atoms with Gasteiger partial charge in [-0.05, 0) is 54.6 Å². The van der Waals surface area contributed by atoms with Crippen LogP contribution in [0.25, 0.3) is 22.8 Å². The highest BCUT2D eigenvalue weighted by Gasteiger charge is 2.11. The highest BCUT2D eigenvalue weighted by molar-refractivity contribution is 5.59. The molecule has 2 aromatic heterocycles. The Morgan fingerprint density at radius 3 is 2.19 bits per heavy atom. The summed E-state index contributed by atoms with van der Waals surface area (Å²) in [5, 5.41) is 3.95. The van der Waals surface area contributed by atoms with Gasteiger partial charge in [0.1, 0.15) is 17.3 Å². The zero-order chi connectivity index (χ0) is 17.9. The Morgan fingerprint density at radius 2 is 1.54 bits per heavy atom. The van der Waals surface area contributed by atoms with E-state index >= 15 is 0 Å². The van der Waals surface area contributed by atoms with E-state index in [4.69, 9.17) is 9.26 Å². The van der Waals surface area contributed by atoms with Crippen molar-refractivity contribution in [3.05, 3.63) is 83.0 Å². The fourth-order valence-corrected chi connectivity index (χ4v) is 2.31. The molecule has 26 heavy (non-hydrogen) atoms. The van der Waals surface area contributed by atoms with Crippen LogP contribution in [0.5, 0.6) is 11.5 Å². The van der Waals surface area contributed by atoms with Crippen LogP contribution in [0.1, 0.15) is 0 Å². The third-order valence-electron chi connectivity index (χ3n) is 3.62. The van der Waals surface area contributed by atoms with Gasteiger partial charge in [0, 0.05) is 17.8 Å². The lowest BCUT2D eigenvalue weighted by Crippen LogP contribution is -2.01. The molecule has 0 aliphatic rings. The van der Waals surface area contributed by atoms with Crippen molar-refractivity contribution >= 4 is 0 Å². The Kier molecular flexibility index (Phi) is 4.03. The molecule has 0 unspecified atom stereocenters. The van der Waals surface area contributed by atoms with Crippen LogP contribution in [0.2, 0.25) is 0 Å². The number of nitrogens with one attached hydrogen (secondary N) is 1. The number of nitrogens with zero attached hydrogens (tertiary/aromatic N) is 2. The van der Waals surface area contributed by atoms with E-state index in [2.05, 4.69) is 15.1 Å². The van der Waals surface area contributed by atoms with Gasteiger partial charge < -0.3 is 14.2 Å². The van der Waals surface area contributed by atoms with Crippen LogP contribution in [0.3, 0.4) is 0 Å². The molecule has 4 aromatic rings. The number of benzene rings is 2. The van der Waals surface area contributed by atoms with Crippen molar-refractivity contribution in [2.45, 2.75) is 0 Å². The number of H-pyrrole nitrogens is 1. The molecule has 0 amide bonds. The Bertz CT molecular complexity index is 1070. The van der Waals surface area contributed by atoms with E-state index in [0.717, 1.165) is 5.56 Å². The molecule has 0 saturated carbocycles. The van der Waals surface area contributed by atoms with Crippen LogP contribution in [-0.4, -0.2) is 15.1 Å². The Labute approximate surface area is 146 Å². The van der Waals surface area contributed by atoms with Gasteiger partial charge in [-0.3, -0.25) is 4.79 Å². The second-order valence-corrected chi connectivity index (χ2v) is 5.45. The first-order valence-electron chi connectivity index (χ1n) is 7.74. The maximum absolute atomic E-state index is 12.9. The van der Waals surface area contributed by atoms with E-state index in [1.807, 2.05) is 0 Å². The predicted molar refractivity (Wildman–Crippen MR) is 92.3 cm³/mol. The van der Waals surface area contributed by atoms with E-state index in [0.29, 0.717) is 28.8 Å². The first-order chi connectivity index (χ1) is 12.7. The highest BCUT2D eigenvalue weighted by atomic mass is 19.1. The zero-order valence-electron chi connectivity index (χ0n) is 13.3. The highest BCUT2D eigenvalue weighted by Crippen LogP contribution is 2.26. The topological polar surface area (TPSA) is 81.0 Å². The summed E-state index contributed by atoms with van der Waals surface area (Å²) in [5.41, 5.74) is 1.17. The van der Waals surface area contributed by atoms with Gasteiger partial charge >= 0.3 is 0 Å². The Hall–Kier alpha value is -3.74. The van der Waals surface area contributed by atoms with E-state index in [1.165, 1.54) is 24.4 Å². The standard InChI is InChI=1S/C19H12FN3O3/c20-14-4-8-16(9-5-14)25-15-6-1-12(2-7-15)18-22-19(26-23-18)13-3-10-17(24)21-11-13/h1-11H,(H,21,24). The molecule has 0 bridgehead atoms. The summed E-state index contributed by atoms with van der Waals surface area (Å²) >= 11 is 0. The number of hydrogen-bond donors (Lipinski definition) is 1. The van der Waals surface area contributed by atoms with Crippen molar-refractivity contribution in [1.29, 1.82) is 0 Å². The van der Waals surface area contributed by atoms with Gasteiger partial charge in [0.15, 0.2) is 0 Å². The number of aromatic amines is 1. The summed E-state index contributed by atoms with van der Waals surface area (Å²) in [7, 11) is 0. The van der Waals surface area contributed by atoms with E-state index in [-0.39, 0.29) is 11.4 Å². The summed E-state index contributed by atoms with van der Waals surface area (Å²) in [4.78, 5) is 18.0. The van der Waals surface area contributed by atoms with Gasteiger partial charge in [-0.25, -0.2) is 4.39 Å². The second kappa shape index (κ2) is 6.64. The molecule has 2 heterocycles. The van der Waals surface area contributed by atoms with Crippen molar-refractivity contribution in [1.82, 2.24) is 15.1 Å². The molecular formula is C19H12FN3O3. The predicted octanol–water partition coefficient (Wildman–Crippen LogP) is 4.02. The van der Waals surface area contributed by atoms with Crippen LogP contribution in [-0.2, 0) is 0 Å². The molecule has 4 rings (SSSR count). The lowest BCUT2D eigenvalue weighted by molar-refractivity contribution is 0.432. The summed E-state index contributed by atoms with van der Waals surface area (Å²) in [6, 6.07) is 15.9. The van der Waals surface area contributed by atoms with Crippen LogP contribution in [0.15, 0.2) is 76.2 Å². The summed E-state index contributed by atoms with van der Waals surface area (Å²) in [6.07, 6.45) is 1.51. The molecule has 0 spiro atoms. The smallest absolute Gasteiger partial charge is 0.259 e. The largest absolute Gasteiger partial charge is 0.457 e. The molecule has 0 fully saturated rings. The number of hydrogen-bond acceptors (Lipinski definition) is 5. The summed E-state index contributed by atoms with van der Waals surface area (Å²) < 4.78 is 23.8. The van der Waals surface area contributed by atoms with Crippen LogP contribution in [0, 0.1) is 5.82 Å². The normalized spacial score (nSPS) is 10.7. The first kappa shape index (κ1) is 15.8. The van der Waals surface area contributed by atoms with Gasteiger partial charge in [0.2, 0.25) is 11.4 Å². The molecule has 0 aliphatic heterocycles. The number of rotatable bonds is 4. The maximum Gasteiger partial charge on any atom is 0.259 e. The number of halogens is 1. The lowest BCUT2D eigenvalue weighted by Gasteiger charge is -2.05. The van der Waals surface area contributed by atoms with E-state index in [1.54, 1.807) is 42.5 Å². The van der Waals surface area contributed by atoms with Crippen molar-refractivity contribution in [2.24, 2.45) is 0 Å². The Morgan fingerprint density at radius 1 is 0.885 bits per heavy atom. The molecule has 0 aliphatic carbocycles. The third-order valence-corrected chi connectivity index (χ3v) is 3.62. The second-order valence-electron chi connectivity index (χ2n) is 5.45. The third kappa shape index (κ3) is 3.36. The lowest BCUT2D eigenvalue weighted by atomic mass is 10.2. The number of ether oxygens (including phenoxy) is 1. The van der Waals surface area contributed by atoms with E-state index in [9.17, 15) is 9.18 Å². The molecule has 6 nitrogen and oxygen atoms in total. The van der Waals surface area contributed by atoms with Crippen molar-refractivity contribution in [3.8, 4) is 34.3 Å². The minimum absolute atomic E-state index is 0.203. The summed E-state index contributed by atoms with van der Waals surface area (Å²) in [6.45, 7) is 0. The quantitative estimate of drug-likeness (QED) is 0.602. The molecule has 0 saturated heterocycles. The molecule has 0 radical (unpaired) electrons. The SMILES string of the molecule is O=c1ccc(-c2nc(-c3ccc(Oc4ccc(F)cc4)cc3)no2)c[nH]1. The number of pyridine rings is 1.